The molecule has 3 aromatic carbocycles. The first kappa shape index (κ1) is 30.3. The Balaban J connectivity index is 1.54. The largest absolute Gasteiger partial charge is 0.384 e. The van der Waals surface area contributed by atoms with Crippen molar-refractivity contribution in [2.75, 3.05) is 5.32 Å². The van der Waals surface area contributed by atoms with Crippen molar-refractivity contribution in [2.45, 2.75) is 64.8 Å². The lowest BCUT2D eigenvalue weighted by atomic mass is 9.92. The van der Waals surface area contributed by atoms with Crippen molar-refractivity contribution in [1.29, 1.82) is 5.41 Å². The van der Waals surface area contributed by atoms with Crippen molar-refractivity contribution in [1.82, 2.24) is 5.32 Å². The average molecular weight is 541 g/mol. The lowest BCUT2D eigenvalue weighted by Gasteiger charge is -2.20. The van der Waals surface area contributed by atoms with E-state index in [0.29, 0.717) is 24.8 Å². The Hall–Kier alpha value is -4.26. The van der Waals surface area contributed by atoms with Gasteiger partial charge in [0.2, 0.25) is 11.8 Å². The molecule has 0 radical (unpaired) electrons. The lowest BCUT2D eigenvalue weighted by Crippen LogP contribution is -2.42. The second-order valence-electron chi connectivity index (χ2n) is 10.3. The summed E-state index contributed by atoms with van der Waals surface area (Å²) in [5.74, 6) is -0.376. The second-order valence-corrected chi connectivity index (χ2v) is 10.3. The highest BCUT2D eigenvalue weighted by Gasteiger charge is 2.22. The number of nitrogens with one attached hydrogen (secondary N) is 3. The van der Waals surface area contributed by atoms with Gasteiger partial charge in [-0.2, -0.15) is 0 Å². The zero-order valence-electron chi connectivity index (χ0n) is 23.4. The van der Waals surface area contributed by atoms with Gasteiger partial charge in [-0.1, -0.05) is 66.7 Å². The normalized spacial score (nSPS) is 12.2. The molecule has 0 bridgehead atoms. The van der Waals surface area contributed by atoms with Crippen LogP contribution in [0.15, 0.2) is 78.9 Å². The Labute approximate surface area is 237 Å². The fourth-order valence-electron chi connectivity index (χ4n) is 4.65. The van der Waals surface area contributed by atoms with Gasteiger partial charge in [0.25, 0.3) is 0 Å². The molecule has 0 saturated heterocycles. The first-order chi connectivity index (χ1) is 19.2. The predicted octanol–water partition coefficient (Wildman–Crippen LogP) is 5.21. The van der Waals surface area contributed by atoms with Crippen LogP contribution in [0.25, 0.3) is 0 Å². The summed E-state index contributed by atoms with van der Waals surface area (Å²) in [7, 11) is 0. The van der Waals surface area contributed by atoms with Crippen LogP contribution in [0.2, 0.25) is 0 Å². The van der Waals surface area contributed by atoms with Crippen LogP contribution in [0.5, 0.6) is 0 Å². The summed E-state index contributed by atoms with van der Waals surface area (Å²) in [5, 5.41) is 13.2. The van der Waals surface area contributed by atoms with Crippen molar-refractivity contribution < 1.29 is 14.4 Å². The Morgan fingerprint density at radius 1 is 0.800 bits per heavy atom. The summed E-state index contributed by atoms with van der Waals surface area (Å²) >= 11 is 0. The van der Waals surface area contributed by atoms with E-state index < -0.39 is 6.04 Å². The molecule has 0 saturated carbocycles. The van der Waals surface area contributed by atoms with E-state index in [2.05, 4.69) is 22.8 Å². The van der Waals surface area contributed by atoms with Crippen LogP contribution < -0.4 is 16.4 Å². The molecule has 2 amide bonds. The zero-order chi connectivity index (χ0) is 28.9. The summed E-state index contributed by atoms with van der Waals surface area (Å²) in [5.41, 5.74) is 10.3. The maximum Gasteiger partial charge on any atom is 0.223 e. The number of nitrogens with two attached hydrogens (primary N) is 1. The van der Waals surface area contributed by atoms with Crippen LogP contribution in [0.4, 0.5) is 5.69 Å². The molecule has 0 aliphatic carbocycles. The molecule has 2 atom stereocenters. The molecule has 40 heavy (non-hydrogen) atoms. The summed E-state index contributed by atoms with van der Waals surface area (Å²) in [6.45, 7) is 3.24. The third-order valence-electron chi connectivity index (χ3n) is 7.05. The molecular weight excluding hydrogens is 500 g/mol. The highest BCUT2D eigenvalue weighted by Crippen LogP contribution is 2.19. The van der Waals surface area contributed by atoms with E-state index in [-0.39, 0.29) is 29.4 Å². The van der Waals surface area contributed by atoms with Gasteiger partial charge in [-0.3, -0.25) is 19.8 Å². The lowest BCUT2D eigenvalue weighted by molar-refractivity contribution is -0.130. The first-order valence-electron chi connectivity index (χ1n) is 13.9. The number of carbonyl (C=O) groups is 3. The summed E-state index contributed by atoms with van der Waals surface area (Å²) < 4.78 is 0. The second kappa shape index (κ2) is 15.4. The van der Waals surface area contributed by atoms with Crippen molar-refractivity contribution >= 4 is 29.1 Å². The number of amidine groups is 1. The molecule has 0 heterocycles. The van der Waals surface area contributed by atoms with Crippen LogP contribution in [-0.4, -0.2) is 29.5 Å². The SMILES string of the molecule is CC(=O)Nc1ccc(CCC[C@H](CCc2ccccc2)C(=O)N[C@@H](C)C(=O)CCc2ccc(C(=N)N)cc2)cc1. The standard InChI is InChI=1S/C33H40N4O3/c1-23(31(39)22-16-27-11-17-28(18-12-27)32(34)35)36-33(40)29(19-13-25-7-4-3-5-8-25)10-6-9-26-14-20-30(21-15-26)37-24(2)38/h3-5,7-8,11-12,14-15,17-18,20-21,23,29H,6,9-10,13,16,19,22H2,1-2H3,(H3,34,35)(H,36,40)(H,37,38)/t23-,29+/m0/s1. The maximum atomic E-state index is 13.3. The fraction of sp³-hybridized carbons (Fsp3) is 0.333. The molecule has 0 aliphatic heterocycles. The molecular formula is C33H40N4O3. The van der Waals surface area contributed by atoms with Gasteiger partial charge in [-0.15, -0.1) is 0 Å². The average Bonchev–Trinajstić information content (AvgIpc) is 2.94. The maximum absolute atomic E-state index is 13.3. The molecule has 0 fully saturated rings. The number of Topliss-reactive ketones (excluding diaryl/α,β-unsaturated/α-hetero) is 1. The summed E-state index contributed by atoms with van der Waals surface area (Å²) in [6.07, 6.45) is 4.77. The van der Waals surface area contributed by atoms with Gasteiger partial charge in [-0.25, -0.2) is 0 Å². The van der Waals surface area contributed by atoms with E-state index in [1.165, 1.54) is 12.5 Å². The molecule has 0 unspecified atom stereocenters. The molecule has 210 valence electrons. The Morgan fingerprint density at radius 2 is 1.40 bits per heavy atom. The van der Waals surface area contributed by atoms with Crippen molar-refractivity contribution in [3.63, 3.8) is 0 Å². The first-order valence-corrected chi connectivity index (χ1v) is 13.9. The highest BCUT2D eigenvalue weighted by atomic mass is 16.2. The Bertz CT molecular complexity index is 1270. The van der Waals surface area contributed by atoms with E-state index in [0.717, 1.165) is 42.5 Å². The molecule has 0 spiro atoms. The summed E-state index contributed by atoms with van der Waals surface area (Å²) in [4.78, 5) is 37.4. The van der Waals surface area contributed by atoms with Crippen molar-refractivity contribution in [3.05, 3.63) is 101 Å². The van der Waals surface area contributed by atoms with E-state index in [4.69, 9.17) is 11.1 Å². The predicted molar refractivity (Wildman–Crippen MR) is 160 cm³/mol. The zero-order valence-corrected chi connectivity index (χ0v) is 23.4. The van der Waals surface area contributed by atoms with Crippen molar-refractivity contribution in [2.24, 2.45) is 11.7 Å². The molecule has 7 heteroatoms. The van der Waals surface area contributed by atoms with Crippen LogP contribution in [0.1, 0.15) is 61.8 Å². The van der Waals surface area contributed by atoms with Gasteiger partial charge < -0.3 is 16.4 Å². The third kappa shape index (κ3) is 10.1. The topological polar surface area (TPSA) is 125 Å². The van der Waals surface area contributed by atoms with Crippen LogP contribution in [0.3, 0.4) is 0 Å². The number of hydrogen-bond acceptors (Lipinski definition) is 4. The third-order valence-corrected chi connectivity index (χ3v) is 7.05. The van der Waals surface area contributed by atoms with E-state index in [1.807, 2.05) is 54.6 Å². The number of benzene rings is 3. The van der Waals surface area contributed by atoms with Crippen LogP contribution in [-0.2, 0) is 33.6 Å². The fourth-order valence-corrected chi connectivity index (χ4v) is 4.65. The van der Waals surface area contributed by atoms with E-state index in [1.54, 1.807) is 19.1 Å². The van der Waals surface area contributed by atoms with Gasteiger partial charge >= 0.3 is 0 Å². The number of rotatable bonds is 15. The number of carbonyl (C=O) groups excluding carboxylic acids is 3. The van der Waals surface area contributed by atoms with Crippen molar-refractivity contribution in [3.8, 4) is 0 Å². The minimum atomic E-state index is -0.565. The minimum absolute atomic E-state index is 0.00920. The molecule has 3 rings (SSSR count). The number of aryl methyl sites for hydroxylation is 3. The van der Waals surface area contributed by atoms with Gasteiger partial charge in [0.05, 0.1) is 6.04 Å². The number of amides is 2. The molecule has 5 N–H and O–H groups in total. The number of ketones is 1. The molecule has 0 aliphatic rings. The van der Waals surface area contributed by atoms with Gasteiger partial charge in [-0.05, 0) is 74.3 Å². The molecule has 3 aromatic rings. The van der Waals surface area contributed by atoms with Crippen LogP contribution in [0, 0.1) is 11.3 Å². The monoisotopic (exact) mass is 540 g/mol. The summed E-state index contributed by atoms with van der Waals surface area (Å²) in [6, 6.07) is 24.7. The Morgan fingerprint density at radius 3 is 2.02 bits per heavy atom. The Kier molecular flexibility index (Phi) is 11.6. The highest BCUT2D eigenvalue weighted by molar-refractivity contribution is 5.95. The van der Waals surface area contributed by atoms with E-state index in [9.17, 15) is 14.4 Å². The molecule has 0 aromatic heterocycles. The van der Waals surface area contributed by atoms with E-state index >= 15 is 0 Å². The van der Waals surface area contributed by atoms with Crippen LogP contribution >= 0.6 is 0 Å². The van der Waals surface area contributed by atoms with Gasteiger partial charge in [0, 0.05) is 30.5 Å². The van der Waals surface area contributed by atoms with Gasteiger partial charge in [0.15, 0.2) is 5.78 Å². The minimum Gasteiger partial charge on any atom is -0.384 e. The smallest absolute Gasteiger partial charge is 0.223 e. The molecule has 7 nitrogen and oxygen atoms in total. The van der Waals surface area contributed by atoms with Gasteiger partial charge in [0.1, 0.15) is 5.84 Å². The number of nitrogen functional groups attached to an aromatic ring is 1. The number of anilines is 1. The quantitative estimate of drug-likeness (QED) is 0.156. The number of hydrogen-bond donors (Lipinski definition) is 4.